The van der Waals surface area contributed by atoms with Gasteiger partial charge in [-0.05, 0) is 55.2 Å². The Balaban J connectivity index is 2.00. The molecule has 1 aliphatic heterocycles. The molecule has 1 fully saturated rings. The molecule has 0 saturated carbocycles. The molecule has 1 amide bonds. The summed E-state index contributed by atoms with van der Waals surface area (Å²) < 4.78 is 10.7. The molecule has 0 N–H and O–H groups in total. The molecular weight excluding hydrogens is 463 g/mol. The van der Waals surface area contributed by atoms with Gasteiger partial charge in [-0.3, -0.25) is 9.59 Å². The molecule has 2 aromatic carbocycles. The zero-order valence-electron chi connectivity index (χ0n) is 18.6. The smallest absolute Gasteiger partial charge is 0.240 e. The number of ether oxygens (including phenoxy) is 2. The van der Waals surface area contributed by atoms with Gasteiger partial charge in [-0.1, -0.05) is 29.3 Å². The number of halogens is 2. The van der Waals surface area contributed by atoms with Crippen LogP contribution in [0.1, 0.15) is 47.5 Å². The second-order valence-corrected chi connectivity index (χ2v) is 8.81. The molecule has 2 aromatic rings. The maximum absolute atomic E-state index is 13.3. The van der Waals surface area contributed by atoms with Crippen molar-refractivity contribution in [1.29, 1.82) is 5.26 Å². The van der Waals surface area contributed by atoms with Gasteiger partial charge in [0.05, 0.1) is 25.3 Å². The van der Waals surface area contributed by atoms with Crippen LogP contribution in [-0.2, 0) is 4.79 Å². The minimum Gasteiger partial charge on any atom is -0.493 e. The van der Waals surface area contributed by atoms with Gasteiger partial charge in [0.1, 0.15) is 5.92 Å². The zero-order chi connectivity index (χ0) is 24.0. The number of likely N-dealkylation sites (tertiary alicyclic amines) is 1. The van der Waals surface area contributed by atoms with E-state index in [0.29, 0.717) is 40.7 Å². The van der Waals surface area contributed by atoms with E-state index in [0.717, 1.165) is 19.3 Å². The predicted octanol–water partition coefficient (Wildman–Crippen LogP) is 5.52. The maximum Gasteiger partial charge on any atom is 0.240 e. The Morgan fingerprint density at radius 2 is 1.73 bits per heavy atom. The number of hydrogen-bond donors (Lipinski definition) is 0. The van der Waals surface area contributed by atoms with Crippen LogP contribution in [0.4, 0.5) is 0 Å². The number of benzene rings is 2. The highest BCUT2D eigenvalue weighted by atomic mass is 35.5. The standard InChI is InChI=1S/C25H26Cl2N2O4/c1-32-23-9-6-16(12-24(23)33-2)19(14-22(30)18-8-7-17(26)13-21(18)27)20(15-28)25(31)29-10-4-3-5-11-29/h6-9,12-13,19-20H,3-5,10-11,14H2,1-2H3. The molecule has 0 bridgehead atoms. The number of nitriles is 1. The molecular formula is C25H26Cl2N2O4. The third kappa shape index (κ3) is 5.79. The van der Waals surface area contributed by atoms with Crippen molar-refractivity contribution < 1.29 is 19.1 Å². The molecule has 0 aromatic heterocycles. The number of carbonyl (C=O) groups is 2. The van der Waals surface area contributed by atoms with E-state index in [1.807, 2.05) is 0 Å². The van der Waals surface area contributed by atoms with Gasteiger partial charge in [-0.2, -0.15) is 5.26 Å². The number of carbonyl (C=O) groups excluding carboxylic acids is 2. The molecule has 2 unspecified atom stereocenters. The molecule has 1 aliphatic rings. The highest BCUT2D eigenvalue weighted by Gasteiger charge is 2.35. The van der Waals surface area contributed by atoms with Crippen LogP contribution in [0.25, 0.3) is 0 Å². The summed E-state index contributed by atoms with van der Waals surface area (Å²) in [5.41, 5.74) is 0.941. The van der Waals surface area contributed by atoms with Crippen LogP contribution in [0.15, 0.2) is 36.4 Å². The second kappa shape index (κ2) is 11.4. The van der Waals surface area contributed by atoms with Crippen LogP contribution in [0, 0.1) is 17.2 Å². The molecule has 6 nitrogen and oxygen atoms in total. The number of amides is 1. The molecule has 1 saturated heterocycles. The van der Waals surface area contributed by atoms with E-state index < -0.39 is 11.8 Å². The summed E-state index contributed by atoms with van der Waals surface area (Å²) >= 11 is 12.2. The first-order valence-electron chi connectivity index (χ1n) is 10.8. The zero-order valence-corrected chi connectivity index (χ0v) is 20.2. The van der Waals surface area contributed by atoms with Gasteiger partial charge < -0.3 is 14.4 Å². The lowest BCUT2D eigenvalue weighted by molar-refractivity contribution is -0.135. The molecule has 1 heterocycles. The number of ketones is 1. The van der Waals surface area contributed by atoms with Crippen LogP contribution in [0.3, 0.4) is 0 Å². The summed E-state index contributed by atoms with van der Waals surface area (Å²) in [5.74, 6) is -1.28. The van der Waals surface area contributed by atoms with Gasteiger partial charge >= 0.3 is 0 Å². The number of piperidine rings is 1. The minimum absolute atomic E-state index is 0.0748. The van der Waals surface area contributed by atoms with E-state index in [1.54, 1.807) is 35.2 Å². The van der Waals surface area contributed by atoms with Gasteiger partial charge in [-0.15, -0.1) is 0 Å². The Kier molecular flexibility index (Phi) is 8.60. The Labute approximate surface area is 204 Å². The topological polar surface area (TPSA) is 79.6 Å². The summed E-state index contributed by atoms with van der Waals surface area (Å²) in [6, 6.07) is 12.0. The summed E-state index contributed by atoms with van der Waals surface area (Å²) in [4.78, 5) is 28.3. The first kappa shape index (κ1) is 24.9. The van der Waals surface area contributed by atoms with Crippen molar-refractivity contribution >= 4 is 34.9 Å². The molecule has 2 atom stereocenters. The number of methoxy groups -OCH3 is 2. The van der Waals surface area contributed by atoms with Crippen molar-refractivity contribution in [3.63, 3.8) is 0 Å². The number of Topliss-reactive ketones (excluding diaryl/α,β-unsaturated/α-hetero) is 1. The van der Waals surface area contributed by atoms with Crippen molar-refractivity contribution in [3.05, 3.63) is 57.6 Å². The summed E-state index contributed by atoms with van der Waals surface area (Å²) in [5, 5.41) is 10.7. The largest absolute Gasteiger partial charge is 0.493 e. The number of hydrogen-bond acceptors (Lipinski definition) is 5. The number of rotatable bonds is 8. The molecule has 0 aliphatic carbocycles. The highest BCUT2D eigenvalue weighted by molar-refractivity contribution is 6.36. The van der Waals surface area contributed by atoms with Crippen LogP contribution in [0.2, 0.25) is 10.0 Å². The summed E-state index contributed by atoms with van der Waals surface area (Å²) in [7, 11) is 3.04. The number of nitrogens with zero attached hydrogens (tertiary/aromatic N) is 2. The third-order valence-corrected chi connectivity index (χ3v) is 6.50. The van der Waals surface area contributed by atoms with E-state index in [9.17, 15) is 14.9 Å². The second-order valence-electron chi connectivity index (χ2n) is 7.97. The van der Waals surface area contributed by atoms with E-state index in [1.165, 1.54) is 20.3 Å². The minimum atomic E-state index is -1.03. The first-order chi connectivity index (χ1) is 15.9. The fourth-order valence-electron chi connectivity index (χ4n) is 4.17. The molecule has 174 valence electrons. The Bertz CT molecular complexity index is 1060. The maximum atomic E-state index is 13.3. The third-order valence-electron chi connectivity index (χ3n) is 5.95. The Morgan fingerprint density at radius 1 is 1.03 bits per heavy atom. The van der Waals surface area contributed by atoms with E-state index in [-0.39, 0.29) is 23.1 Å². The van der Waals surface area contributed by atoms with Crippen LogP contribution >= 0.6 is 23.2 Å². The van der Waals surface area contributed by atoms with Crippen molar-refractivity contribution in [2.75, 3.05) is 27.3 Å². The summed E-state index contributed by atoms with van der Waals surface area (Å²) in [6.45, 7) is 1.24. The molecule has 0 spiro atoms. The Hall–Kier alpha value is -2.75. The first-order valence-corrected chi connectivity index (χ1v) is 11.5. The van der Waals surface area contributed by atoms with E-state index >= 15 is 0 Å². The molecule has 0 radical (unpaired) electrons. The van der Waals surface area contributed by atoms with Gasteiger partial charge in [0.2, 0.25) is 5.91 Å². The van der Waals surface area contributed by atoms with Gasteiger partial charge in [0, 0.05) is 36.0 Å². The predicted molar refractivity (Wildman–Crippen MR) is 127 cm³/mol. The summed E-state index contributed by atoms with van der Waals surface area (Å²) in [6.07, 6.45) is 2.80. The lowest BCUT2D eigenvalue weighted by atomic mass is 9.81. The van der Waals surface area contributed by atoms with E-state index in [4.69, 9.17) is 32.7 Å². The lowest BCUT2D eigenvalue weighted by Gasteiger charge is -2.31. The SMILES string of the molecule is COc1ccc(C(CC(=O)c2ccc(Cl)cc2Cl)C(C#N)C(=O)N2CCCCC2)cc1OC. The highest BCUT2D eigenvalue weighted by Crippen LogP contribution is 2.37. The van der Waals surface area contributed by atoms with Gasteiger partial charge in [-0.25, -0.2) is 0 Å². The molecule has 8 heteroatoms. The van der Waals surface area contributed by atoms with Crippen molar-refractivity contribution in [1.82, 2.24) is 4.90 Å². The van der Waals surface area contributed by atoms with Crippen molar-refractivity contribution in [3.8, 4) is 17.6 Å². The van der Waals surface area contributed by atoms with Crippen LogP contribution < -0.4 is 9.47 Å². The normalized spacial score (nSPS) is 15.3. The van der Waals surface area contributed by atoms with Crippen LogP contribution in [0.5, 0.6) is 11.5 Å². The van der Waals surface area contributed by atoms with Crippen molar-refractivity contribution in [2.24, 2.45) is 5.92 Å². The van der Waals surface area contributed by atoms with E-state index in [2.05, 4.69) is 6.07 Å². The fourth-order valence-corrected chi connectivity index (χ4v) is 4.68. The van der Waals surface area contributed by atoms with Gasteiger partial charge in [0.15, 0.2) is 17.3 Å². The average Bonchev–Trinajstić information content (AvgIpc) is 2.83. The molecule has 33 heavy (non-hydrogen) atoms. The monoisotopic (exact) mass is 488 g/mol. The fraction of sp³-hybridized carbons (Fsp3) is 0.400. The quantitative estimate of drug-likeness (QED) is 0.457. The average molecular weight is 489 g/mol. The lowest BCUT2D eigenvalue weighted by Crippen LogP contribution is -2.41. The van der Waals surface area contributed by atoms with Crippen molar-refractivity contribution in [2.45, 2.75) is 31.6 Å². The Morgan fingerprint density at radius 3 is 2.33 bits per heavy atom. The van der Waals surface area contributed by atoms with Gasteiger partial charge in [0.25, 0.3) is 0 Å². The van der Waals surface area contributed by atoms with Crippen LogP contribution in [-0.4, -0.2) is 43.9 Å². The molecule has 3 rings (SSSR count).